The van der Waals surface area contributed by atoms with Crippen LogP contribution in [0.5, 0.6) is 0 Å². The summed E-state index contributed by atoms with van der Waals surface area (Å²) in [5.74, 6) is 0. The Labute approximate surface area is 62.2 Å². The Balaban J connectivity index is 2.44. The molecule has 0 aromatic carbocycles. The number of rotatable bonds is 2. The van der Waals surface area contributed by atoms with Gasteiger partial charge in [-0.2, -0.15) is 0 Å². The number of hydrogen-bond acceptors (Lipinski definition) is 4. The van der Waals surface area contributed by atoms with Gasteiger partial charge >= 0.3 is 8.72 Å². The van der Waals surface area contributed by atoms with E-state index in [0.717, 1.165) is 19.3 Å². The van der Waals surface area contributed by atoms with Crippen molar-refractivity contribution in [1.29, 1.82) is 0 Å². The van der Waals surface area contributed by atoms with Gasteiger partial charge in [-0.05, 0) is 0 Å². The fraction of sp³-hybridized carbons (Fsp3) is 1.00. The van der Waals surface area contributed by atoms with Crippen molar-refractivity contribution < 1.29 is 8.85 Å². The summed E-state index contributed by atoms with van der Waals surface area (Å²) in [5.41, 5.74) is 0. The van der Waals surface area contributed by atoms with Crippen LogP contribution in [0.25, 0.3) is 0 Å². The predicted molar refractivity (Wildman–Crippen MR) is 40.6 cm³/mol. The van der Waals surface area contributed by atoms with E-state index >= 15 is 0 Å². The van der Waals surface area contributed by atoms with Crippen LogP contribution in [0.15, 0.2) is 0 Å². The largest absolute Gasteiger partial charge is 0.438 e. The smallest absolute Gasteiger partial charge is 0.385 e. The summed E-state index contributed by atoms with van der Waals surface area (Å²) in [6, 6.07) is 0. The summed E-state index contributed by atoms with van der Waals surface area (Å²) in [4.78, 5) is 3.26. The van der Waals surface area contributed by atoms with Gasteiger partial charge in [-0.15, -0.1) is 0 Å². The predicted octanol–water partition coefficient (Wildman–Crippen LogP) is -1.05. The van der Waals surface area contributed by atoms with Gasteiger partial charge in [0, 0.05) is 27.3 Å². The Morgan fingerprint density at radius 3 is 2.20 bits per heavy atom. The molecule has 5 heteroatoms. The zero-order chi connectivity index (χ0) is 7.45. The molecule has 0 amide bonds. The van der Waals surface area contributed by atoms with Crippen molar-refractivity contribution in [2.75, 3.05) is 33.5 Å². The summed E-state index contributed by atoms with van der Waals surface area (Å²) in [7, 11) is 1.39. The van der Waals surface area contributed by atoms with Gasteiger partial charge < -0.3 is 14.2 Å². The van der Waals surface area contributed by atoms with Crippen LogP contribution in [0, 0.1) is 0 Å². The van der Waals surface area contributed by atoms with E-state index in [4.69, 9.17) is 8.85 Å². The highest BCUT2D eigenvalue weighted by Gasteiger charge is 2.37. The highest BCUT2D eigenvalue weighted by atomic mass is 28.4. The Hall–Kier alpha value is 0.0569. The zero-order valence-electron chi connectivity index (χ0n) is 6.44. The van der Waals surface area contributed by atoms with Crippen LogP contribution >= 0.6 is 0 Å². The molecule has 4 nitrogen and oxygen atoms in total. The van der Waals surface area contributed by atoms with Crippen LogP contribution in [0.4, 0.5) is 0 Å². The first kappa shape index (κ1) is 8.16. The van der Waals surface area contributed by atoms with Crippen LogP contribution in [0.3, 0.4) is 0 Å². The molecule has 1 rings (SSSR count). The maximum Gasteiger partial charge on any atom is 0.438 e. The molecule has 0 aromatic rings. The maximum atomic E-state index is 5.27. The molecule has 1 fully saturated rings. The van der Waals surface area contributed by atoms with Gasteiger partial charge in [-0.3, -0.25) is 4.98 Å². The minimum atomic E-state index is -1.99. The monoisotopic (exact) mass is 162 g/mol. The van der Waals surface area contributed by atoms with E-state index in [9.17, 15) is 0 Å². The average molecular weight is 162 g/mol. The van der Waals surface area contributed by atoms with Crippen LogP contribution in [0.2, 0.25) is 0 Å². The van der Waals surface area contributed by atoms with Crippen molar-refractivity contribution in [3.05, 3.63) is 0 Å². The number of hydrogen-bond donors (Lipinski definition) is 2. The molecule has 1 aliphatic rings. The van der Waals surface area contributed by atoms with Crippen LogP contribution in [0.1, 0.15) is 0 Å². The normalized spacial score (nSPS) is 24.6. The van der Waals surface area contributed by atoms with Crippen molar-refractivity contribution >= 4 is 8.72 Å². The van der Waals surface area contributed by atoms with E-state index in [1.165, 1.54) is 0 Å². The second kappa shape index (κ2) is 3.45. The first-order chi connectivity index (χ1) is 4.83. The molecule has 0 saturated carbocycles. The molecule has 1 heterocycles. The summed E-state index contributed by atoms with van der Waals surface area (Å²) < 4.78 is 10.5. The molecule has 0 unspecified atom stereocenters. The Morgan fingerprint density at radius 1 is 1.20 bits per heavy atom. The van der Waals surface area contributed by atoms with Crippen molar-refractivity contribution in [2.24, 2.45) is 0 Å². The van der Waals surface area contributed by atoms with Crippen molar-refractivity contribution in [2.45, 2.75) is 0 Å². The minimum Gasteiger partial charge on any atom is -0.385 e. The number of nitrogens with one attached hydrogen (secondary N) is 2. The lowest BCUT2D eigenvalue weighted by atomic mass is 10.7. The van der Waals surface area contributed by atoms with Crippen molar-refractivity contribution in [3.8, 4) is 0 Å². The SMILES string of the molecule is CO[Si]1(OC)CNCCN1. The van der Waals surface area contributed by atoms with E-state index in [1.807, 2.05) is 0 Å². The topological polar surface area (TPSA) is 42.5 Å². The standard InChI is InChI=1S/C5H14N2O2Si/c1-8-10(9-2)5-6-3-4-7-10/h6-7H,3-5H2,1-2H3. The van der Waals surface area contributed by atoms with E-state index in [2.05, 4.69) is 10.3 Å². The van der Waals surface area contributed by atoms with Gasteiger partial charge in [0.15, 0.2) is 0 Å². The molecule has 0 bridgehead atoms. The van der Waals surface area contributed by atoms with E-state index in [-0.39, 0.29) is 0 Å². The second-order valence-electron chi connectivity index (χ2n) is 2.26. The van der Waals surface area contributed by atoms with Gasteiger partial charge in [-0.25, -0.2) is 0 Å². The first-order valence-electron chi connectivity index (χ1n) is 3.39. The molecule has 1 aliphatic heterocycles. The summed E-state index contributed by atoms with van der Waals surface area (Å²) in [5, 5.41) is 3.23. The minimum absolute atomic E-state index is 0.833. The van der Waals surface area contributed by atoms with E-state index in [1.54, 1.807) is 14.2 Å². The molecule has 60 valence electrons. The molecule has 0 atom stereocenters. The van der Waals surface area contributed by atoms with Crippen LogP contribution in [-0.2, 0) is 8.85 Å². The molecule has 0 aromatic heterocycles. The fourth-order valence-corrected chi connectivity index (χ4v) is 2.91. The molecule has 0 aliphatic carbocycles. The lowest BCUT2D eigenvalue weighted by molar-refractivity contribution is 0.218. The second-order valence-corrected chi connectivity index (χ2v) is 5.29. The van der Waals surface area contributed by atoms with E-state index in [0.29, 0.717) is 0 Å². The van der Waals surface area contributed by atoms with Crippen molar-refractivity contribution in [3.63, 3.8) is 0 Å². The molecule has 1 saturated heterocycles. The van der Waals surface area contributed by atoms with Gasteiger partial charge in [-0.1, -0.05) is 0 Å². The van der Waals surface area contributed by atoms with Crippen LogP contribution < -0.4 is 10.3 Å². The van der Waals surface area contributed by atoms with Crippen molar-refractivity contribution in [1.82, 2.24) is 10.3 Å². The summed E-state index contributed by atoms with van der Waals surface area (Å²) >= 11 is 0. The fourth-order valence-electron chi connectivity index (χ4n) is 1.03. The Morgan fingerprint density at radius 2 is 1.90 bits per heavy atom. The van der Waals surface area contributed by atoms with Gasteiger partial charge in [0.2, 0.25) is 0 Å². The van der Waals surface area contributed by atoms with Gasteiger partial charge in [0.25, 0.3) is 0 Å². The quantitative estimate of drug-likeness (QED) is 0.509. The molecular weight excluding hydrogens is 148 g/mol. The molecular formula is C5H14N2O2Si. The lowest BCUT2D eigenvalue weighted by Gasteiger charge is -2.31. The third kappa shape index (κ3) is 1.56. The molecule has 2 N–H and O–H groups in total. The highest BCUT2D eigenvalue weighted by Crippen LogP contribution is 2.00. The van der Waals surface area contributed by atoms with E-state index < -0.39 is 8.72 Å². The Kier molecular flexibility index (Phi) is 2.81. The maximum absolute atomic E-state index is 5.27. The summed E-state index contributed by atoms with van der Waals surface area (Å²) in [6.07, 6.45) is 0.833. The zero-order valence-corrected chi connectivity index (χ0v) is 7.44. The summed E-state index contributed by atoms with van der Waals surface area (Å²) in [6.45, 7) is 1.94. The highest BCUT2D eigenvalue weighted by molar-refractivity contribution is 6.65. The van der Waals surface area contributed by atoms with Crippen LogP contribution in [-0.4, -0.2) is 42.2 Å². The van der Waals surface area contributed by atoms with Gasteiger partial charge in [0.05, 0.1) is 6.17 Å². The third-order valence-electron chi connectivity index (χ3n) is 1.71. The molecule has 0 radical (unpaired) electrons. The van der Waals surface area contributed by atoms with Gasteiger partial charge in [0.1, 0.15) is 0 Å². The third-order valence-corrected chi connectivity index (χ3v) is 4.54. The average Bonchev–Trinajstić information content (AvgIpc) is 2.06. The molecule has 10 heavy (non-hydrogen) atoms. The first-order valence-corrected chi connectivity index (χ1v) is 5.41. The molecule has 0 spiro atoms. The Bertz CT molecular complexity index is 99.8. The lowest BCUT2D eigenvalue weighted by Crippen LogP contribution is -2.66.